The molecule has 1 unspecified atom stereocenters. The maximum Gasteiger partial charge on any atom is 0.301 e. The van der Waals surface area contributed by atoms with Gasteiger partial charge in [0, 0.05) is 10.0 Å². The number of aromatic nitrogens is 1. The second kappa shape index (κ2) is 9.28. The van der Waals surface area contributed by atoms with Gasteiger partial charge in [-0.15, -0.1) is 0 Å². The molecule has 1 aromatic heterocycles. The van der Waals surface area contributed by atoms with Gasteiger partial charge >= 0.3 is 5.91 Å². The predicted octanol–water partition coefficient (Wildman–Crippen LogP) is 6.39. The van der Waals surface area contributed by atoms with Crippen LogP contribution in [0.25, 0.3) is 16.0 Å². The number of hydrogen-bond acceptors (Lipinski definition) is 6. The SMILES string of the molecule is CCOc1cccc(C(O)=C2C(=O)C(=O)N(c3nc4ccc(C)cc4s3)C2c2cccc(Br)c2)c1. The number of benzene rings is 3. The van der Waals surface area contributed by atoms with Gasteiger partial charge < -0.3 is 9.84 Å². The number of ketones is 1. The van der Waals surface area contributed by atoms with Gasteiger partial charge in [-0.3, -0.25) is 14.5 Å². The summed E-state index contributed by atoms with van der Waals surface area (Å²) in [4.78, 5) is 32.8. The molecule has 1 amide bonds. The van der Waals surface area contributed by atoms with Crippen molar-refractivity contribution in [1.82, 2.24) is 4.98 Å². The highest BCUT2D eigenvalue weighted by Crippen LogP contribution is 2.44. The van der Waals surface area contributed by atoms with Crippen molar-refractivity contribution in [2.45, 2.75) is 19.9 Å². The van der Waals surface area contributed by atoms with Gasteiger partial charge in [-0.2, -0.15) is 0 Å². The van der Waals surface area contributed by atoms with Gasteiger partial charge in [0.15, 0.2) is 5.13 Å². The molecule has 8 heteroatoms. The highest BCUT2D eigenvalue weighted by Gasteiger charge is 2.48. The van der Waals surface area contributed by atoms with Crippen LogP contribution in [0.5, 0.6) is 5.75 Å². The van der Waals surface area contributed by atoms with Crippen molar-refractivity contribution in [2.75, 3.05) is 11.5 Å². The standard InChI is InChI=1S/C27H21BrN2O4S/c1-3-34-19-9-5-7-17(14-19)24(31)22-23(16-6-4-8-18(28)13-16)30(26(33)25(22)32)27-29-20-11-10-15(2)12-21(20)35-27/h4-14,23,31H,3H2,1-2H3. The summed E-state index contributed by atoms with van der Waals surface area (Å²) in [7, 11) is 0. The molecule has 3 aromatic carbocycles. The van der Waals surface area contributed by atoms with Crippen molar-refractivity contribution in [3.05, 3.63) is 93.5 Å². The number of aliphatic hydroxyl groups is 1. The third-order valence-corrected chi connectivity index (χ3v) is 7.28. The summed E-state index contributed by atoms with van der Waals surface area (Å²) in [5, 5.41) is 11.7. The Morgan fingerprint density at radius 2 is 1.91 bits per heavy atom. The molecule has 0 radical (unpaired) electrons. The van der Waals surface area contributed by atoms with Crippen LogP contribution in [0.2, 0.25) is 0 Å². The summed E-state index contributed by atoms with van der Waals surface area (Å²) >= 11 is 4.83. The summed E-state index contributed by atoms with van der Waals surface area (Å²) in [5.74, 6) is -1.18. The minimum absolute atomic E-state index is 0.0113. The summed E-state index contributed by atoms with van der Waals surface area (Å²) in [6.45, 7) is 4.32. The summed E-state index contributed by atoms with van der Waals surface area (Å²) in [6.07, 6.45) is 0. The lowest BCUT2D eigenvalue weighted by Gasteiger charge is -2.23. The van der Waals surface area contributed by atoms with Crippen molar-refractivity contribution in [1.29, 1.82) is 0 Å². The van der Waals surface area contributed by atoms with E-state index in [4.69, 9.17) is 4.74 Å². The van der Waals surface area contributed by atoms with Gasteiger partial charge in [-0.25, -0.2) is 4.98 Å². The minimum atomic E-state index is -0.843. The zero-order valence-corrected chi connectivity index (χ0v) is 21.4. The molecule has 0 spiro atoms. The lowest BCUT2D eigenvalue weighted by Crippen LogP contribution is -2.29. The topological polar surface area (TPSA) is 79.7 Å². The third-order valence-electron chi connectivity index (χ3n) is 5.77. The van der Waals surface area contributed by atoms with Crippen LogP contribution in [-0.4, -0.2) is 28.4 Å². The molecule has 2 heterocycles. The molecule has 5 rings (SSSR count). The molecule has 0 aliphatic carbocycles. The summed E-state index contributed by atoms with van der Waals surface area (Å²) in [5.41, 5.74) is 2.91. The number of fused-ring (bicyclic) bond motifs is 1. The van der Waals surface area contributed by atoms with Crippen molar-refractivity contribution < 1.29 is 19.4 Å². The van der Waals surface area contributed by atoms with E-state index >= 15 is 0 Å². The monoisotopic (exact) mass is 548 g/mol. The normalized spacial score (nSPS) is 17.3. The fourth-order valence-corrected chi connectivity index (χ4v) is 5.71. The number of anilines is 1. The van der Waals surface area contributed by atoms with E-state index in [2.05, 4.69) is 20.9 Å². The van der Waals surface area contributed by atoms with Crippen LogP contribution >= 0.6 is 27.3 Å². The lowest BCUT2D eigenvalue weighted by molar-refractivity contribution is -0.132. The smallest absolute Gasteiger partial charge is 0.301 e. The van der Waals surface area contributed by atoms with Crippen molar-refractivity contribution in [3.63, 3.8) is 0 Å². The third kappa shape index (κ3) is 4.24. The number of halogens is 1. The first-order valence-electron chi connectivity index (χ1n) is 11.0. The highest BCUT2D eigenvalue weighted by atomic mass is 79.9. The first-order valence-corrected chi connectivity index (χ1v) is 12.6. The second-order valence-electron chi connectivity index (χ2n) is 8.15. The molecule has 1 atom stereocenters. The Kier molecular flexibility index (Phi) is 6.17. The fraction of sp³-hybridized carbons (Fsp3) is 0.148. The number of amides is 1. The van der Waals surface area contributed by atoms with Gasteiger partial charge in [0.2, 0.25) is 0 Å². The number of thiazole rings is 1. The maximum absolute atomic E-state index is 13.4. The first-order chi connectivity index (χ1) is 16.9. The van der Waals surface area contributed by atoms with E-state index in [1.165, 1.54) is 16.2 Å². The van der Waals surface area contributed by atoms with Gasteiger partial charge in [0.25, 0.3) is 5.78 Å². The summed E-state index contributed by atoms with van der Waals surface area (Å²) < 4.78 is 7.26. The molecule has 0 bridgehead atoms. The number of Topliss-reactive ketones (excluding diaryl/α,β-unsaturated/α-hetero) is 1. The van der Waals surface area contributed by atoms with Gasteiger partial charge in [0.05, 0.1) is 28.4 Å². The van der Waals surface area contributed by atoms with E-state index in [0.717, 1.165) is 20.3 Å². The molecule has 0 saturated carbocycles. The number of hydrogen-bond donors (Lipinski definition) is 1. The van der Waals surface area contributed by atoms with E-state index in [-0.39, 0.29) is 11.3 Å². The molecular weight excluding hydrogens is 528 g/mol. The van der Waals surface area contributed by atoms with Crippen LogP contribution in [0, 0.1) is 6.92 Å². The van der Waals surface area contributed by atoms with E-state index in [9.17, 15) is 14.7 Å². The van der Waals surface area contributed by atoms with Crippen molar-refractivity contribution in [3.8, 4) is 5.75 Å². The number of nitrogens with zero attached hydrogens (tertiary/aromatic N) is 2. The van der Waals surface area contributed by atoms with Gasteiger partial charge in [-0.05, 0) is 61.4 Å². The summed E-state index contributed by atoms with van der Waals surface area (Å²) in [6, 6.07) is 19.2. The molecule has 176 valence electrons. The van der Waals surface area contributed by atoms with Gasteiger partial charge in [-0.1, -0.05) is 57.6 Å². The highest BCUT2D eigenvalue weighted by molar-refractivity contribution is 9.10. The lowest BCUT2D eigenvalue weighted by atomic mass is 9.95. The van der Waals surface area contributed by atoms with Crippen LogP contribution in [0.3, 0.4) is 0 Å². The molecule has 4 aromatic rings. The Balaban J connectivity index is 1.72. The quantitative estimate of drug-likeness (QED) is 0.177. The molecule has 35 heavy (non-hydrogen) atoms. The first kappa shape index (κ1) is 23.3. The number of carbonyl (C=O) groups excluding carboxylic acids is 2. The van der Waals surface area contributed by atoms with Crippen molar-refractivity contribution in [2.24, 2.45) is 0 Å². The van der Waals surface area contributed by atoms with E-state index < -0.39 is 17.7 Å². The van der Waals surface area contributed by atoms with E-state index in [0.29, 0.717) is 28.6 Å². The molecule has 1 saturated heterocycles. The second-order valence-corrected chi connectivity index (χ2v) is 10.1. The number of aryl methyl sites for hydroxylation is 1. The van der Waals surface area contributed by atoms with Crippen LogP contribution in [0.15, 0.2) is 76.8 Å². The zero-order valence-electron chi connectivity index (χ0n) is 19.0. The van der Waals surface area contributed by atoms with Crippen molar-refractivity contribution >= 4 is 60.1 Å². The Bertz CT molecular complexity index is 1510. The number of rotatable bonds is 5. The number of ether oxygens (including phenoxy) is 1. The number of aliphatic hydroxyl groups excluding tert-OH is 1. The molecule has 6 nitrogen and oxygen atoms in total. The van der Waals surface area contributed by atoms with E-state index in [1.54, 1.807) is 24.3 Å². The fourth-order valence-electron chi connectivity index (χ4n) is 4.20. The van der Waals surface area contributed by atoms with Crippen LogP contribution in [0.1, 0.15) is 29.7 Å². The van der Waals surface area contributed by atoms with Gasteiger partial charge in [0.1, 0.15) is 11.5 Å². The predicted molar refractivity (Wildman–Crippen MR) is 141 cm³/mol. The number of carbonyl (C=O) groups is 2. The Morgan fingerprint density at radius 1 is 1.11 bits per heavy atom. The van der Waals surface area contributed by atoms with Crippen LogP contribution < -0.4 is 9.64 Å². The largest absolute Gasteiger partial charge is 0.507 e. The average Bonchev–Trinajstić information content (AvgIpc) is 3.37. The molecular formula is C27H21BrN2O4S. The zero-order chi connectivity index (χ0) is 24.7. The Hall–Kier alpha value is -3.49. The molecule has 1 N–H and O–H groups in total. The Morgan fingerprint density at radius 3 is 2.69 bits per heavy atom. The maximum atomic E-state index is 13.4. The minimum Gasteiger partial charge on any atom is -0.507 e. The Labute approximate surface area is 214 Å². The molecule has 1 aliphatic rings. The van der Waals surface area contributed by atoms with Crippen LogP contribution in [-0.2, 0) is 9.59 Å². The van der Waals surface area contributed by atoms with E-state index in [1.807, 2.05) is 56.3 Å². The van der Waals surface area contributed by atoms with Crippen LogP contribution in [0.4, 0.5) is 5.13 Å². The average molecular weight is 549 g/mol. The molecule has 1 aliphatic heterocycles. The molecule has 1 fully saturated rings.